The summed E-state index contributed by atoms with van der Waals surface area (Å²) >= 11 is 0. The molecule has 180 valence electrons. The molecule has 6 nitrogen and oxygen atoms in total. The van der Waals surface area contributed by atoms with Crippen molar-refractivity contribution in [2.24, 2.45) is 0 Å². The second-order valence-corrected chi connectivity index (χ2v) is 9.55. The molecule has 1 amide bonds. The van der Waals surface area contributed by atoms with E-state index in [1.165, 1.54) is 6.42 Å². The summed E-state index contributed by atoms with van der Waals surface area (Å²) in [6.07, 6.45) is 5.38. The second kappa shape index (κ2) is 9.46. The van der Waals surface area contributed by atoms with Gasteiger partial charge in [0.05, 0.1) is 16.7 Å². The minimum Gasteiger partial charge on any atom is -0.353 e. The average molecular weight is 477 g/mol. The van der Waals surface area contributed by atoms with Gasteiger partial charge in [-0.25, -0.2) is 4.98 Å². The van der Waals surface area contributed by atoms with Crippen molar-refractivity contribution in [3.63, 3.8) is 0 Å². The molecule has 0 spiro atoms. The summed E-state index contributed by atoms with van der Waals surface area (Å²) in [4.78, 5) is 36.2. The third kappa shape index (κ3) is 4.09. The largest absolute Gasteiger partial charge is 0.353 e. The Hall–Kier alpha value is -4.19. The molecular formula is C30H28N4O2. The molecule has 3 aromatic carbocycles. The van der Waals surface area contributed by atoms with Crippen LogP contribution in [-0.2, 0) is 4.79 Å². The third-order valence-corrected chi connectivity index (χ3v) is 7.15. The number of hydrogen-bond acceptors (Lipinski definition) is 3. The second-order valence-electron chi connectivity index (χ2n) is 9.55. The van der Waals surface area contributed by atoms with Gasteiger partial charge in [0.2, 0.25) is 5.91 Å². The molecule has 1 unspecified atom stereocenters. The average Bonchev–Trinajstić information content (AvgIpc) is 3.35. The first-order valence-electron chi connectivity index (χ1n) is 12.6. The molecule has 6 heteroatoms. The van der Waals surface area contributed by atoms with Crippen LogP contribution in [0.5, 0.6) is 0 Å². The minimum absolute atomic E-state index is 0.134. The Morgan fingerprint density at radius 1 is 0.917 bits per heavy atom. The van der Waals surface area contributed by atoms with Crippen molar-refractivity contribution in [2.75, 3.05) is 0 Å². The highest BCUT2D eigenvalue weighted by Gasteiger charge is 2.29. The summed E-state index contributed by atoms with van der Waals surface area (Å²) in [5.41, 5.74) is 3.64. The van der Waals surface area contributed by atoms with Gasteiger partial charge >= 0.3 is 0 Å². The zero-order chi connectivity index (χ0) is 24.5. The number of nitrogens with one attached hydrogen (secondary N) is 2. The quantitative estimate of drug-likeness (QED) is 0.347. The molecule has 1 aliphatic carbocycles. The fraction of sp³-hybridized carbons (Fsp3) is 0.233. The molecule has 36 heavy (non-hydrogen) atoms. The molecule has 0 bridgehead atoms. The number of nitrogens with zero attached hydrogens (tertiary/aromatic N) is 2. The number of aromatic nitrogens is 3. The summed E-state index contributed by atoms with van der Waals surface area (Å²) in [5.74, 6) is -0.158. The van der Waals surface area contributed by atoms with E-state index in [0.29, 0.717) is 22.4 Å². The van der Waals surface area contributed by atoms with E-state index in [4.69, 9.17) is 4.98 Å². The van der Waals surface area contributed by atoms with E-state index in [1.807, 2.05) is 84.9 Å². The lowest BCUT2D eigenvalue weighted by atomic mass is 9.95. The monoisotopic (exact) mass is 476 g/mol. The number of aromatic amines is 1. The highest BCUT2D eigenvalue weighted by molar-refractivity contribution is 5.89. The van der Waals surface area contributed by atoms with Crippen LogP contribution in [0.15, 0.2) is 89.7 Å². The SMILES string of the molecule is O=C(NC1CCCCC1)C(c1ccccc1)n1c(=O)c(-c2cc3ccccc3[nH]2)nc2ccccc21. The van der Waals surface area contributed by atoms with Crippen molar-refractivity contribution >= 4 is 27.8 Å². The van der Waals surface area contributed by atoms with Gasteiger partial charge < -0.3 is 10.3 Å². The van der Waals surface area contributed by atoms with E-state index in [-0.39, 0.29) is 17.5 Å². The van der Waals surface area contributed by atoms with Crippen LogP contribution in [0.4, 0.5) is 0 Å². The molecular weight excluding hydrogens is 448 g/mol. The molecule has 5 aromatic rings. The molecule has 6 rings (SSSR count). The third-order valence-electron chi connectivity index (χ3n) is 7.15. The van der Waals surface area contributed by atoms with E-state index >= 15 is 0 Å². The lowest BCUT2D eigenvalue weighted by molar-refractivity contribution is -0.124. The smallest absolute Gasteiger partial charge is 0.280 e. The first-order valence-corrected chi connectivity index (χ1v) is 12.6. The molecule has 2 N–H and O–H groups in total. The highest BCUT2D eigenvalue weighted by atomic mass is 16.2. The van der Waals surface area contributed by atoms with Crippen LogP contribution in [0, 0.1) is 0 Å². The van der Waals surface area contributed by atoms with Crippen LogP contribution in [0.1, 0.15) is 43.7 Å². The summed E-state index contributed by atoms with van der Waals surface area (Å²) in [7, 11) is 0. The summed E-state index contributed by atoms with van der Waals surface area (Å²) in [6.45, 7) is 0. The summed E-state index contributed by atoms with van der Waals surface area (Å²) in [5, 5.41) is 4.26. The number of H-pyrrole nitrogens is 1. The van der Waals surface area contributed by atoms with Crippen LogP contribution in [0.25, 0.3) is 33.3 Å². The number of carbonyl (C=O) groups is 1. The maximum Gasteiger partial charge on any atom is 0.280 e. The Morgan fingerprint density at radius 3 is 2.44 bits per heavy atom. The van der Waals surface area contributed by atoms with Gasteiger partial charge in [0.1, 0.15) is 6.04 Å². The van der Waals surface area contributed by atoms with Crippen LogP contribution in [-0.4, -0.2) is 26.5 Å². The normalized spacial score (nSPS) is 15.2. The van der Waals surface area contributed by atoms with E-state index < -0.39 is 6.04 Å². The summed E-state index contributed by atoms with van der Waals surface area (Å²) in [6, 6.07) is 26.2. The molecule has 1 saturated carbocycles. The zero-order valence-electron chi connectivity index (χ0n) is 20.0. The standard InChI is InChI=1S/C30H28N4O2/c35-29(31-22-14-5-2-6-15-22)28(20-11-3-1-4-12-20)34-26-18-10-9-17-24(26)33-27(30(34)36)25-19-21-13-7-8-16-23(21)32-25/h1,3-4,7-13,16-19,22,28,32H,2,5-6,14-15H2,(H,31,35). The van der Waals surface area contributed by atoms with Gasteiger partial charge in [0.25, 0.3) is 5.56 Å². The van der Waals surface area contributed by atoms with E-state index in [9.17, 15) is 9.59 Å². The predicted molar refractivity (Wildman–Crippen MR) is 143 cm³/mol. The van der Waals surface area contributed by atoms with Crippen molar-refractivity contribution in [2.45, 2.75) is 44.2 Å². The molecule has 1 aliphatic rings. The van der Waals surface area contributed by atoms with Crippen molar-refractivity contribution in [1.82, 2.24) is 19.9 Å². The predicted octanol–water partition coefficient (Wildman–Crippen LogP) is 5.58. The fourth-order valence-electron chi connectivity index (χ4n) is 5.37. The van der Waals surface area contributed by atoms with E-state index in [1.54, 1.807) is 4.57 Å². The molecule has 1 atom stereocenters. The molecule has 2 aromatic heterocycles. The number of para-hydroxylation sites is 3. The Labute approximate surface area is 209 Å². The molecule has 0 saturated heterocycles. The van der Waals surface area contributed by atoms with E-state index in [2.05, 4.69) is 10.3 Å². The van der Waals surface area contributed by atoms with Crippen LogP contribution >= 0.6 is 0 Å². The number of benzene rings is 3. The molecule has 1 fully saturated rings. The Morgan fingerprint density at radius 2 is 1.64 bits per heavy atom. The molecule has 0 radical (unpaired) electrons. The van der Waals surface area contributed by atoms with E-state index in [0.717, 1.165) is 42.1 Å². The first-order chi connectivity index (χ1) is 17.7. The van der Waals surface area contributed by atoms with Gasteiger partial charge in [-0.3, -0.25) is 14.2 Å². The van der Waals surface area contributed by atoms with Crippen molar-refractivity contribution in [1.29, 1.82) is 0 Å². The Kier molecular flexibility index (Phi) is 5.85. The lowest BCUT2D eigenvalue weighted by Gasteiger charge is -2.27. The first kappa shape index (κ1) is 22.3. The van der Waals surface area contributed by atoms with Gasteiger partial charge in [-0.2, -0.15) is 0 Å². The van der Waals surface area contributed by atoms with Crippen molar-refractivity contribution in [3.05, 3.63) is 101 Å². The Balaban J connectivity index is 1.55. The number of fused-ring (bicyclic) bond motifs is 2. The van der Waals surface area contributed by atoms with Crippen LogP contribution in [0.2, 0.25) is 0 Å². The minimum atomic E-state index is -0.809. The van der Waals surface area contributed by atoms with Gasteiger partial charge in [0.15, 0.2) is 5.69 Å². The maximum absolute atomic E-state index is 14.2. The lowest BCUT2D eigenvalue weighted by Crippen LogP contribution is -2.43. The zero-order valence-corrected chi connectivity index (χ0v) is 20.0. The number of carbonyl (C=O) groups excluding carboxylic acids is 1. The number of rotatable bonds is 5. The molecule has 2 heterocycles. The van der Waals surface area contributed by atoms with Gasteiger partial charge in [-0.05, 0) is 42.7 Å². The van der Waals surface area contributed by atoms with Gasteiger partial charge in [0, 0.05) is 16.9 Å². The number of amides is 1. The van der Waals surface area contributed by atoms with Gasteiger partial charge in [-0.15, -0.1) is 0 Å². The van der Waals surface area contributed by atoms with Gasteiger partial charge in [-0.1, -0.05) is 79.9 Å². The van der Waals surface area contributed by atoms with Crippen LogP contribution in [0.3, 0.4) is 0 Å². The van der Waals surface area contributed by atoms with Crippen molar-refractivity contribution < 1.29 is 4.79 Å². The van der Waals surface area contributed by atoms with Crippen molar-refractivity contribution in [3.8, 4) is 11.4 Å². The summed E-state index contributed by atoms with van der Waals surface area (Å²) < 4.78 is 1.62. The number of hydrogen-bond donors (Lipinski definition) is 2. The maximum atomic E-state index is 14.2. The molecule has 0 aliphatic heterocycles. The Bertz CT molecular complexity index is 1560. The van der Waals surface area contributed by atoms with Crippen LogP contribution < -0.4 is 10.9 Å². The highest BCUT2D eigenvalue weighted by Crippen LogP contribution is 2.27. The fourth-order valence-corrected chi connectivity index (χ4v) is 5.37. The topological polar surface area (TPSA) is 79.8 Å².